The minimum atomic E-state index is -0.372. The van der Waals surface area contributed by atoms with Crippen molar-refractivity contribution in [1.29, 1.82) is 0 Å². The van der Waals surface area contributed by atoms with Gasteiger partial charge in [-0.3, -0.25) is 9.59 Å². The van der Waals surface area contributed by atoms with E-state index in [1.807, 2.05) is 13.8 Å². The molecule has 0 atom stereocenters. The Kier molecular flexibility index (Phi) is 5.83. The number of carbonyl (C=O) groups excluding carboxylic acids is 2. The van der Waals surface area contributed by atoms with E-state index in [2.05, 4.69) is 10.6 Å². The quantitative estimate of drug-likeness (QED) is 0.813. The summed E-state index contributed by atoms with van der Waals surface area (Å²) in [5, 5.41) is 5.24. The third kappa shape index (κ3) is 4.46. The third-order valence-electron chi connectivity index (χ3n) is 2.51. The molecule has 0 aliphatic carbocycles. The van der Waals surface area contributed by atoms with Crippen LogP contribution in [-0.2, 0) is 4.79 Å². The highest BCUT2D eigenvalue weighted by Crippen LogP contribution is 2.24. The van der Waals surface area contributed by atoms with Crippen LogP contribution in [0.5, 0.6) is 11.5 Å². The Morgan fingerprint density at radius 2 is 1.90 bits per heavy atom. The molecule has 2 N–H and O–H groups in total. The fourth-order valence-corrected chi connectivity index (χ4v) is 1.61. The minimum absolute atomic E-state index is 0.0370. The van der Waals surface area contributed by atoms with Gasteiger partial charge in [-0.15, -0.1) is 0 Å². The fraction of sp³-hybridized carbons (Fsp3) is 0.429. The van der Waals surface area contributed by atoms with Crippen molar-refractivity contribution in [2.45, 2.75) is 19.9 Å². The van der Waals surface area contributed by atoms with Crippen LogP contribution in [0, 0.1) is 0 Å². The molecule has 0 bridgehead atoms. The molecule has 0 aliphatic heterocycles. The zero-order valence-electron chi connectivity index (χ0n) is 12.1. The van der Waals surface area contributed by atoms with E-state index >= 15 is 0 Å². The molecule has 110 valence electrons. The van der Waals surface area contributed by atoms with Crippen molar-refractivity contribution in [3.63, 3.8) is 0 Å². The van der Waals surface area contributed by atoms with Gasteiger partial charge in [-0.05, 0) is 26.0 Å². The van der Waals surface area contributed by atoms with Crippen LogP contribution in [0.3, 0.4) is 0 Å². The average molecular weight is 280 g/mol. The maximum atomic E-state index is 12.0. The Morgan fingerprint density at radius 1 is 1.20 bits per heavy atom. The Hall–Kier alpha value is -2.24. The van der Waals surface area contributed by atoms with E-state index in [0.717, 1.165) is 0 Å². The fourth-order valence-electron chi connectivity index (χ4n) is 1.61. The van der Waals surface area contributed by atoms with Crippen molar-refractivity contribution in [2.24, 2.45) is 0 Å². The smallest absolute Gasteiger partial charge is 0.255 e. The summed E-state index contributed by atoms with van der Waals surface area (Å²) in [4.78, 5) is 23.5. The number of rotatable bonds is 6. The van der Waals surface area contributed by atoms with Crippen molar-refractivity contribution in [2.75, 3.05) is 20.8 Å². The van der Waals surface area contributed by atoms with Gasteiger partial charge in [-0.2, -0.15) is 0 Å². The molecule has 0 radical (unpaired) electrons. The largest absolute Gasteiger partial charge is 0.497 e. The highest BCUT2D eigenvalue weighted by atomic mass is 16.5. The summed E-state index contributed by atoms with van der Waals surface area (Å²) in [5.74, 6) is 0.381. The van der Waals surface area contributed by atoms with Crippen molar-refractivity contribution in [1.82, 2.24) is 10.6 Å². The van der Waals surface area contributed by atoms with E-state index in [4.69, 9.17) is 9.47 Å². The van der Waals surface area contributed by atoms with Crippen molar-refractivity contribution < 1.29 is 19.1 Å². The molecule has 6 heteroatoms. The molecule has 0 spiro atoms. The molecule has 20 heavy (non-hydrogen) atoms. The van der Waals surface area contributed by atoms with E-state index in [1.165, 1.54) is 14.2 Å². The first-order valence-corrected chi connectivity index (χ1v) is 6.27. The van der Waals surface area contributed by atoms with Crippen LogP contribution in [-0.4, -0.2) is 38.6 Å². The molecule has 0 aromatic heterocycles. The lowest BCUT2D eigenvalue weighted by molar-refractivity contribution is -0.120. The topological polar surface area (TPSA) is 76.7 Å². The monoisotopic (exact) mass is 280 g/mol. The number of nitrogens with one attached hydrogen (secondary N) is 2. The number of hydrogen-bond donors (Lipinski definition) is 2. The van der Waals surface area contributed by atoms with Crippen molar-refractivity contribution in [3.8, 4) is 11.5 Å². The molecular formula is C14H20N2O4. The molecule has 1 aromatic rings. The van der Waals surface area contributed by atoms with Gasteiger partial charge in [-0.1, -0.05) is 0 Å². The SMILES string of the molecule is COc1ccc(C(=O)NCC(=O)NC(C)C)c(OC)c1. The highest BCUT2D eigenvalue weighted by Gasteiger charge is 2.14. The van der Waals surface area contributed by atoms with Crippen LogP contribution in [0.25, 0.3) is 0 Å². The number of benzene rings is 1. The molecule has 0 heterocycles. The number of hydrogen-bond acceptors (Lipinski definition) is 4. The second kappa shape index (κ2) is 7.37. The molecule has 6 nitrogen and oxygen atoms in total. The van der Waals surface area contributed by atoms with E-state index in [-0.39, 0.29) is 24.4 Å². The van der Waals surface area contributed by atoms with Crippen LogP contribution >= 0.6 is 0 Å². The van der Waals surface area contributed by atoms with E-state index in [9.17, 15) is 9.59 Å². The van der Waals surface area contributed by atoms with Crippen LogP contribution in [0.4, 0.5) is 0 Å². The molecular weight excluding hydrogens is 260 g/mol. The molecule has 0 fully saturated rings. The number of amides is 2. The summed E-state index contributed by atoms with van der Waals surface area (Å²) in [5.41, 5.74) is 0.352. The van der Waals surface area contributed by atoms with Gasteiger partial charge >= 0.3 is 0 Å². The highest BCUT2D eigenvalue weighted by molar-refractivity contribution is 5.99. The summed E-state index contributed by atoms with van der Waals surface area (Å²) < 4.78 is 10.2. The normalized spacial score (nSPS) is 10.1. The first kappa shape index (κ1) is 15.8. The maximum Gasteiger partial charge on any atom is 0.255 e. The first-order chi connectivity index (χ1) is 9.47. The van der Waals surface area contributed by atoms with Crippen LogP contribution in [0.1, 0.15) is 24.2 Å². The van der Waals surface area contributed by atoms with Gasteiger partial charge in [0.15, 0.2) is 0 Å². The maximum absolute atomic E-state index is 12.0. The van der Waals surface area contributed by atoms with Crippen LogP contribution in [0.2, 0.25) is 0 Å². The number of ether oxygens (including phenoxy) is 2. The standard InChI is InChI=1S/C14H20N2O4/c1-9(2)16-13(17)8-15-14(18)11-6-5-10(19-3)7-12(11)20-4/h5-7,9H,8H2,1-4H3,(H,15,18)(H,16,17). The number of methoxy groups -OCH3 is 2. The Bertz CT molecular complexity index is 486. The lowest BCUT2D eigenvalue weighted by Crippen LogP contribution is -2.39. The van der Waals surface area contributed by atoms with Gasteiger partial charge in [0.1, 0.15) is 11.5 Å². The first-order valence-electron chi connectivity index (χ1n) is 6.27. The van der Waals surface area contributed by atoms with Gasteiger partial charge in [0.25, 0.3) is 5.91 Å². The third-order valence-corrected chi connectivity index (χ3v) is 2.51. The Balaban J connectivity index is 2.70. The molecule has 0 unspecified atom stereocenters. The lowest BCUT2D eigenvalue weighted by atomic mass is 10.1. The molecule has 1 aromatic carbocycles. The van der Waals surface area contributed by atoms with Gasteiger partial charge in [0.2, 0.25) is 5.91 Å². The lowest BCUT2D eigenvalue weighted by Gasteiger charge is -2.12. The van der Waals surface area contributed by atoms with Gasteiger partial charge in [-0.25, -0.2) is 0 Å². The number of carbonyl (C=O) groups is 2. The summed E-state index contributed by atoms with van der Waals surface area (Å²) in [6, 6.07) is 4.90. The zero-order chi connectivity index (χ0) is 15.1. The Morgan fingerprint density at radius 3 is 2.45 bits per heavy atom. The molecule has 1 rings (SSSR count). The van der Waals surface area contributed by atoms with Gasteiger partial charge in [0, 0.05) is 12.1 Å². The van der Waals surface area contributed by atoms with Gasteiger partial charge in [0.05, 0.1) is 26.3 Å². The Labute approximate surface area is 118 Å². The van der Waals surface area contributed by atoms with Crippen molar-refractivity contribution in [3.05, 3.63) is 23.8 Å². The van der Waals surface area contributed by atoms with Crippen LogP contribution in [0.15, 0.2) is 18.2 Å². The van der Waals surface area contributed by atoms with Crippen LogP contribution < -0.4 is 20.1 Å². The predicted molar refractivity (Wildman–Crippen MR) is 75.2 cm³/mol. The van der Waals surface area contributed by atoms with Gasteiger partial charge < -0.3 is 20.1 Å². The molecule has 0 aliphatic rings. The average Bonchev–Trinajstić information content (AvgIpc) is 2.43. The summed E-state index contributed by atoms with van der Waals surface area (Å²) >= 11 is 0. The molecule has 2 amide bonds. The van der Waals surface area contributed by atoms with E-state index in [0.29, 0.717) is 17.1 Å². The second-order valence-corrected chi connectivity index (χ2v) is 4.47. The predicted octanol–water partition coefficient (Wildman–Crippen LogP) is 0.958. The molecule has 0 saturated heterocycles. The van der Waals surface area contributed by atoms with E-state index in [1.54, 1.807) is 18.2 Å². The zero-order valence-corrected chi connectivity index (χ0v) is 12.1. The van der Waals surface area contributed by atoms with E-state index < -0.39 is 0 Å². The van der Waals surface area contributed by atoms with Crippen molar-refractivity contribution >= 4 is 11.8 Å². The summed E-state index contributed by atoms with van der Waals surface area (Å²) in [6.07, 6.45) is 0. The minimum Gasteiger partial charge on any atom is -0.497 e. The second-order valence-electron chi connectivity index (χ2n) is 4.47. The molecule has 0 saturated carbocycles. The summed E-state index contributed by atoms with van der Waals surface area (Å²) in [6.45, 7) is 3.63. The summed E-state index contributed by atoms with van der Waals surface area (Å²) in [7, 11) is 3.00.